The van der Waals surface area contributed by atoms with E-state index >= 15 is 0 Å². The van der Waals surface area contributed by atoms with E-state index in [9.17, 15) is 26.4 Å². The number of alkyl halides is 3. The molecule has 0 radical (unpaired) electrons. The van der Waals surface area contributed by atoms with Crippen molar-refractivity contribution < 1.29 is 31.1 Å². The first-order chi connectivity index (χ1) is 18.3. The molecule has 39 heavy (non-hydrogen) atoms. The molecule has 210 valence electrons. The number of benzene rings is 2. The molecule has 0 saturated carbocycles. The van der Waals surface area contributed by atoms with Gasteiger partial charge in [-0.1, -0.05) is 35.3 Å². The number of nitrogens with zero attached hydrogens (tertiary/aromatic N) is 2. The van der Waals surface area contributed by atoms with E-state index in [1.807, 2.05) is 6.07 Å². The second-order valence-corrected chi connectivity index (χ2v) is 12.3. The highest BCUT2D eigenvalue weighted by Crippen LogP contribution is 2.38. The predicted molar refractivity (Wildman–Crippen MR) is 141 cm³/mol. The number of aromatic nitrogens is 2. The third kappa shape index (κ3) is 7.26. The number of rotatable bonds is 9. The lowest BCUT2D eigenvalue weighted by Crippen LogP contribution is -2.47. The summed E-state index contributed by atoms with van der Waals surface area (Å²) >= 11 is 12.2. The first-order valence-corrected chi connectivity index (χ1v) is 14.5. The number of hydrogen-bond donors (Lipinski definition) is 1. The van der Waals surface area contributed by atoms with Gasteiger partial charge in [-0.3, -0.25) is 4.79 Å². The number of ether oxygens (including phenoxy) is 1. The number of carbonyl (C=O) groups excluding carboxylic acids is 1. The molecule has 0 aliphatic heterocycles. The summed E-state index contributed by atoms with van der Waals surface area (Å²) in [6.07, 6.45) is -0.845. The average molecular weight is 604 g/mol. The molecule has 7 nitrogen and oxygen atoms in total. The van der Waals surface area contributed by atoms with Crippen LogP contribution in [0.4, 0.5) is 13.2 Å². The molecule has 1 amide bonds. The lowest BCUT2D eigenvalue weighted by Gasteiger charge is -2.35. The van der Waals surface area contributed by atoms with Gasteiger partial charge in [-0.25, -0.2) is 13.4 Å². The van der Waals surface area contributed by atoms with E-state index in [-0.39, 0.29) is 23.8 Å². The van der Waals surface area contributed by atoms with Crippen LogP contribution >= 0.6 is 23.2 Å². The zero-order valence-electron chi connectivity index (χ0n) is 20.8. The van der Waals surface area contributed by atoms with Crippen LogP contribution in [0.5, 0.6) is 5.75 Å². The quantitative estimate of drug-likeness (QED) is 0.336. The maximum Gasteiger partial charge on any atom is 0.471 e. The van der Waals surface area contributed by atoms with Crippen molar-refractivity contribution in [3.05, 3.63) is 75.7 Å². The second-order valence-electron chi connectivity index (χ2n) is 9.43. The Morgan fingerprint density at radius 1 is 1.18 bits per heavy atom. The van der Waals surface area contributed by atoms with Gasteiger partial charge in [0, 0.05) is 25.2 Å². The van der Waals surface area contributed by atoms with Crippen LogP contribution in [0.2, 0.25) is 10.0 Å². The minimum atomic E-state index is -5.00. The first-order valence-electron chi connectivity index (χ1n) is 12.1. The van der Waals surface area contributed by atoms with Crippen LogP contribution in [0.25, 0.3) is 0 Å². The monoisotopic (exact) mass is 603 g/mol. The highest BCUT2D eigenvalue weighted by atomic mass is 35.5. The maximum absolute atomic E-state index is 13.1. The minimum Gasteiger partial charge on any atom is -0.494 e. The van der Waals surface area contributed by atoms with E-state index in [1.54, 1.807) is 41.9 Å². The highest BCUT2D eigenvalue weighted by Gasteiger charge is 2.42. The fourth-order valence-corrected chi connectivity index (χ4v) is 6.22. The molecule has 2 aromatic carbocycles. The number of sulfone groups is 1. The van der Waals surface area contributed by atoms with Crippen LogP contribution in [0.1, 0.15) is 35.4 Å². The molecule has 1 aliphatic rings. The average Bonchev–Trinajstić information content (AvgIpc) is 3.32. The van der Waals surface area contributed by atoms with Crippen LogP contribution in [0.15, 0.2) is 53.9 Å². The van der Waals surface area contributed by atoms with Crippen molar-refractivity contribution in [2.75, 3.05) is 12.4 Å². The van der Waals surface area contributed by atoms with Gasteiger partial charge < -0.3 is 14.6 Å². The zero-order chi connectivity index (χ0) is 28.4. The van der Waals surface area contributed by atoms with E-state index in [0.29, 0.717) is 35.1 Å². The van der Waals surface area contributed by atoms with E-state index in [2.05, 4.69) is 10.3 Å². The Bertz CT molecular complexity index is 1460. The number of fused-ring (bicyclic) bond motifs is 1. The number of nitrogens with one attached hydrogen (secondary N) is 1. The van der Waals surface area contributed by atoms with Crippen LogP contribution < -0.4 is 10.1 Å². The molecular formula is C26H26Cl2F3N3O4S. The fraction of sp³-hybridized carbons (Fsp3) is 0.385. The summed E-state index contributed by atoms with van der Waals surface area (Å²) in [5.41, 5.74) is 2.43. The summed E-state index contributed by atoms with van der Waals surface area (Å²) in [7, 11) is -1.87. The van der Waals surface area contributed by atoms with Crippen molar-refractivity contribution in [1.82, 2.24) is 14.9 Å². The summed E-state index contributed by atoms with van der Waals surface area (Å²) in [6, 6.07) is 9.58. The summed E-state index contributed by atoms with van der Waals surface area (Å²) in [5, 5.41) is 2.83. The molecule has 0 fully saturated rings. The molecule has 1 heterocycles. The van der Waals surface area contributed by atoms with Gasteiger partial charge in [0.15, 0.2) is 14.9 Å². The van der Waals surface area contributed by atoms with Crippen LogP contribution in [0.3, 0.4) is 0 Å². The first kappa shape index (κ1) is 29.2. The topological polar surface area (TPSA) is 90.3 Å². The lowest BCUT2D eigenvalue weighted by atomic mass is 9.76. The van der Waals surface area contributed by atoms with Gasteiger partial charge in [0.1, 0.15) is 5.75 Å². The standard InChI is InChI=1S/C26H26Cl2F3N3O4S/c1-34-14-24(32-15-34)39(36,37)10-2-9-38-18-6-4-17-5-8-23(33-25(35)26(29,30)31)20(19(17)13-18)11-16-3-7-21(27)22(28)12-16/h3-4,6-7,12-15,20,23H,2,5,8-11H2,1H3,(H,33,35). The van der Waals surface area contributed by atoms with Gasteiger partial charge >= 0.3 is 12.1 Å². The molecule has 0 spiro atoms. The minimum absolute atomic E-state index is 0.00382. The summed E-state index contributed by atoms with van der Waals surface area (Å²) in [6.45, 7) is 0.108. The van der Waals surface area contributed by atoms with Crippen molar-refractivity contribution in [2.24, 2.45) is 7.05 Å². The largest absolute Gasteiger partial charge is 0.494 e. The van der Waals surface area contributed by atoms with Gasteiger partial charge in [-0.05, 0) is 66.6 Å². The van der Waals surface area contributed by atoms with Crippen LogP contribution in [0, 0.1) is 0 Å². The van der Waals surface area contributed by atoms with Crippen LogP contribution in [-0.2, 0) is 34.5 Å². The summed E-state index contributed by atoms with van der Waals surface area (Å²) in [5.74, 6) is -2.19. The molecule has 2 unspecified atom stereocenters. The fourth-order valence-electron chi connectivity index (χ4n) is 4.65. The van der Waals surface area contributed by atoms with E-state index in [0.717, 1.165) is 16.7 Å². The molecule has 0 saturated heterocycles. The molecule has 1 N–H and O–H groups in total. The second kappa shape index (κ2) is 11.8. The lowest BCUT2D eigenvalue weighted by molar-refractivity contribution is -0.174. The van der Waals surface area contributed by atoms with E-state index in [1.165, 1.54) is 12.5 Å². The van der Waals surface area contributed by atoms with Gasteiger partial charge in [0.05, 0.1) is 28.7 Å². The van der Waals surface area contributed by atoms with Gasteiger partial charge in [0.2, 0.25) is 0 Å². The smallest absolute Gasteiger partial charge is 0.471 e. The molecule has 1 aliphatic carbocycles. The van der Waals surface area contributed by atoms with Crippen molar-refractivity contribution >= 4 is 38.9 Å². The van der Waals surface area contributed by atoms with Crippen molar-refractivity contribution in [3.63, 3.8) is 0 Å². The molecule has 4 rings (SSSR count). The Balaban J connectivity index is 1.52. The summed E-state index contributed by atoms with van der Waals surface area (Å²) < 4.78 is 71.5. The molecule has 3 aromatic rings. The van der Waals surface area contributed by atoms with E-state index in [4.69, 9.17) is 27.9 Å². The SMILES string of the molecule is Cn1cnc(S(=O)(=O)CCCOc2ccc3c(c2)C(Cc2ccc(Cl)c(Cl)c2)C(NC(=O)C(F)(F)F)CC3)c1. The van der Waals surface area contributed by atoms with Crippen molar-refractivity contribution in [2.45, 2.75) is 48.8 Å². The Morgan fingerprint density at radius 2 is 1.95 bits per heavy atom. The molecule has 13 heteroatoms. The van der Waals surface area contributed by atoms with Crippen LogP contribution in [-0.4, -0.2) is 48.5 Å². The van der Waals surface area contributed by atoms with Crippen molar-refractivity contribution in [1.29, 1.82) is 0 Å². The normalized spacial score (nSPS) is 17.5. The number of carbonyl (C=O) groups is 1. The number of halogens is 5. The van der Waals surface area contributed by atoms with Gasteiger partial charge in [0.25, 0.3) is 0 Å². The van der Waals surface area contributed by atoms with Gasteiger partial charge in [-0.2, -0.15) is 13.2 Å². The zero-order valence-corrected chi connectivity index (χ0v) is 23.2. The Kier molecular flexibility index (Phi) is 8.82. The number of hydrogen-bond acceptors (Lipinski definition) is 5. The third-order valence-corrected chi connectivity index (χ3v) is 8.98. The van der Waals surface area contributed by atoms with Gasteiger partial charge in [-0.15, -0.1) is 0 Å². The molecule has 1 aromatic heterocycles. The molecule has 2 atom stereocenters. The number of imidazole rings is 1. The Hall–Kier alpha value is -2.76. The predicted octanol–water partition coefficient (Wildman–Crippen LogP) is 5.29. The Morgan fingerprint density at radius 3 is 2.62 bits per heavy atom. The number of aryl methyl sites for hydroxylation is 2. The molecule has 0 bridgehead atoms. The van der Waals surface area contributed by atoms with Crippen molar-refractivity contribution in [3.8, 4) is 5.75 Å². The highest BCUT2D eigenvalue weighted by molar-refractivity contribution is 7.91. The summed E-state index contributed by atoms with van der Waals surface area (Å²) in [4.78, 5) is 15.7. The van der Waals surface area contributed by atoms with E-state index < -0.39 is 33.9 Å². The Labute approximate surface area is 234 Å². The third-order valence-electron chi connectivity index (χ3n) is 6.57. The maximum atomic E-state index is 13.1. The number of amides is 1. The molecular weight excluding hydrogens is 578 g/mol.